The lowest BCUT2D eigenvalue weighted by Gasteiger charge is -2.11. The number of nitrogens with one attached hydrogen (secondary N) is 2. The summed E-state index contributed by atoms with van der Waals surface area (Å²) in [4.78, 5) is 21.1. The Hall–Kier alpha value is -2.89. The molecule has 2 aromatic heterocycles. The molecule has 2 N–H and O–H groups in total. The van der Waals surface area contributed by atoms with Crippen molar-refractivity contribution in [2.75, 3.05) is 0 Å². The van der Waals surface area contributed by atoms with Crippen LogP contribution in [0, 0.1) is 0 Å². The summed E-state index contributed by atoms with van der Waals surface area (Å²) in [6, 6.07) is 9.72. The monoisotopic (exact) mass is 335 g/mol. The third kappa shape index (κ3) is 3.47. The van der Waals surface area contributed by atoms with Gasteiger partial charge >= 0.3 is 6.03 Å². The molecular formula is C19H21N5O. The summed E-state index contributed by atoms with van der Waals surface area (Å²) in [5.74, 6) is 1.13. The largest absolute Gasteiger partial charge is 0.335 e. The van der Waals surface area contributed by atoms with Crippen LogP contribution in [0.25, 0.3) is 10.9 Å². The molecule has 6 nitrogen and oxygen atoms in total. The Balaban J connectivity index is 1.34. The summed E-state index contributed by atoms with van der Waals surface area (Å²) in [6.07, 6.45) is 7.25. The number of aromatic nitrogens is 3. The number of rotatable bonds is 4. The van der Waals surface area contributed by atoms with Crippen molar-refractivity contribution in [2.24, 2.45) is 0 Å². The minimum absolute atomic E-state index is 0.195. The van der Waals surface area contributed by atoms with Gasteiger partial charge in [0.05, 0.1) is 17.8 Å². The van der Waals surface area contributed by atoms with Crippen LogP contribution in [0.5, 0.6) is 0 Å². The van der Waals surface area contributed by atoms with Crippen LogP contribution in [0.1, 0.15) is 29.9 Å². The Morgan fingerprint density at radius 2 is 2.00 bits per heavy atom. The average Bonchev–Trinajstić information content (AvgIpc) is 3.07. The number of carbonyl (C=O) groups excluding carboxylic acids is 1. The molecule has 2 amide bonds. The zero-order valence-electron chi connectivity index (χ0n) is 14.0. The number of amides is 2. The Kier molecular flexibility index (Phi) is 4.33. The Morgan fingerprint density at radius 3 is 2.92 bits per heavy atom. The zero-order valence-corrected chi connectivity index (χ0v) is 14.0. The molecule has 3 heterocycles. The molecule has 0 bridgehead atoms. The first-order valence-electron chi connectivity index (χ1n) is 8.69. The molecule has 6 heteroatoms. The van der Waals surface area contributed by atoms with Gasteiger partial charge in [0.15, 0.2) is 0 Å². The standard InChI is InChI=1S/C19H21N5O/c25-19(22-12-16-13-24-10-2-1-8-17(24)23-16)21-11-15-6-3-5-14-7-4-9-20-18(14)15/h3-7,9,13H,1-2,8,10-12H2,(H2,21,22,25). The van der Waals surface area contributed by atoms with Crippen LogP contribution in [0.3, 0.4) is 0 Å². The van der Waals surface area contributed by atoms with Crippen molar-refractivity contribution < 1.29 is 4.79 Å². The van der Waals surface area contributed by atoms with Gasteiger partial charge in [-0.25, -0.2) is 9.78 Å². The molecule has 0 fully saturated rings. The van der Waals surface area contributed by atoms with Crippen molar-refractivity contribution in [3.8, 4) is 0 Å². The maximum absolute atomic E-state index is 12.1. The number of para-hydroxylation sites is 1. The van der Waals surface area contributed by atoms with Gasteiger partial charge in [0.2, 0.25) is 0 Å². The van der Waals surface area contributed by atoms with E-state index in [2.05, 4.69) is 25.2 Å². The van der Waals surface area contributed by atoms with Gasteiger partial charge in [-0.15, -0.1) is 0 Å². The third-order valence-corrected chi connectivity index (χ3v) is 4.54. The van der Waals surface area contributed by atoms with Crippen LogP contribution in [0.4, 0.5) is 4.79 Å². The second-order valence-corrected chi connectivity index (χ2v) is 6.33. The van der Waals surface area contributed by atoms with Crippen LogP contribution in [0.2, 0.25) is 0 Å². The lowest BCUT2D eigenvalue weighted by atomic mass is 10.1. The number of carbonyl (C=O) groups is 1. The molecular weight excluding hydrogens is 314 g/mol. The number of hydrogen-bond donors (Lipinski definition) is 2. The number of benzene rings is 1. The molecule has 128 valence electrons. The quantitative estimate of drug-likeness (QED) is 0.770. The molecule has 25 heavy (non-hydrogen) atoms. The summed E-state index contributed by atoms with van der Waals surface area (Å²) >= 11 is 0. The Bertz CT molecular complexity index is 873. The number of imidazole rings is 1. The molecule has 4 rings (SSSR count). The van der Waals surface area contributed by atoms with E-state index in [0.29, 0.717) is 13.1 Å². The predicted molar refractivity (Wildman–Crippen MR) is 96.0 cm³/mol. The first-order chi connectivity index (χ1) is 12.3. The summed E-state index contributed by atoms with van der Waals surface area (Å²) in [6.45, 7) is 1.92. The fourth-order valence-corrected chi connectivity index (χ4v) is 3.28. The highest BCUT2D eigenvalue weighted by molar-refractivity contribution is 5.82. The SMILES string of the molecule is O=C(NCc1cn2c(n1)CCCC2)NCc1cccc2cccnc12. The molecule has 0 unspecified atom stereocenters. The summed E-state index contributed by atoms with van der Waals surface area (Å²) < 4.78 is 2.19. The summed E-state index contributed by atoms with van der Waals surface area (Å²) in [7, 11) is 0. The van der Waals surface area contributed by atoms with Crippen LogP contribution in [-0.2, 0) is 26.1 Å². The number of nitrogens with zero attached hydrogens (tertiary/aromatic N) is 3. The fraction of sp³-hybridized carbons (Fsp3) is 0.316. The van der Waals surface area contributed by atoms with Crippen molar-refractivity contribution in [2.45, 2.75) is 38.9 Å². The molecule has 1 aliphatic heterocycles. The van der Waals surface area contributed by atoms with Crippen molar-refractivity contribution >= 4 is 16.9 Å². The first kappa shape index (κ1) is 15.6. The highest BCUT2D eigenvalue weighted by Gasteiger charge is 2.12. The smallest absolute Gasteiger partial charge is 0.315 e. The maximum atomic E-state index is 12.1. The van der Waals surface area contributed by atoms with Crippen LogP contribution in [0.15, 0.2) is 42.7 Å². The second-order valence-electron chi connectivity index (χ2n) is 6.33. The second kappa shape index (κ2) is 6.93. The van der Waals surface area contributed by atoms with Crippen molar-refractivity contribution in [1.29, 1.82) is 0 Å². The molecule has 1 aliphatic rings. The number of hydrogen-bond acceptors (Lipinski definition) is 3. The van der Waals surface area contributed by atoms with Crippen molar-refractivity contribution in [3.05, 3.63) is 59.8 Å². The van der Waals surface area contributed by atoms with E-state index in [0.717, 1.165) is 41.0 Å². The topological polar surface area (TPSA) is 71.8 Å². The van der Waals surface area contributed by atoms with E-state index >= 15 is 0 Å². The van der Waals surface area contributed by atoms with Gasteiger partial charge in [0, 0.05) is 37.3 Å². The van der Waals surface area contributed by atoms with Gasteiger partial charge in [-0.3, -0.25) is 4.98 Å². The highest BCUT2D eigenvalue weighted by atomic mass is 16.2. The lowest BCUT2D eigenvalue weighted by Crippen LogP contribution is -2.34. The average molecular weight is 335 g/mol. The number of aryl methyl sites for hydroxylation is 2. The van der Waals surface area contributed by atoms with Crippen molar-refractivity contribution in [1.82, 2.24) is 25.2 Å². The van der Waals surface area contributed by atoms with Gasteiger partial charge in [-0.05, 0) is 24.5 Å². The molecule has 1 aromatic carbocycles. The van der Waals surface area contributed by atoms with Crippen molar-refractivity contribution in [3.63, 3.8) is 0 Å². The van der Waals surface area contributed by atoms with Gasteiger partial charge in [0.25, 0.3) is 0 Å². The van der Waals surface area contributed by atoms with Crippen LogP contribution in [-0.4, -0.2) is 20.6 Å². The molecule has 0 radical (unpaired) electrons. The molecule has 3 aromatic rings. The lowest BCUT2D eigenvalue weighted by molar-refractivity contribution is 0.240. The van der Waals surface area contributed by atoms with Gasteiger partial charge in [-0.1, -0.05) is 24.3 Å². The van der Waals surface area contributed by atoms with Gasteiger partial charge < -0.3 is 15.2 Å². The minimum Gasteiger partial charge on any atom is -0.335 e. The minimum atomic E-state index is -0.195. The number of urea groups is 1. The van der Waals surface area contributed by atoms with Crippen LogP contribution < -0.4 is 10.6 Å². The Morgan fingerprint density at radius 1 is 1.12 bits per heavy atom. The highest BCUT2D eigenvalue weighted by Crippen LogP contribution is 2.16. The number of fused-ring (bicyclic) bond motifs is 2. The van der Waals surface area contributed by atoms with E-state index < -0.39 is 0 Å². The summed E-state index contributed by atoms with van der Waals surface area (Å²) in [5, 5.41) is 6.85. The molecule has 0 atom stereocenters. The van der Waals surface area contributed by atoms with Gasteiger partial charge in [0.1, 0.15) is 5.82 Å². The fourth-order valence-electron chi connectivity index (χ4n) is 3.28. The maximum Gasteiger partial charge on any atom is 0.315 e. The predicted octanol–water partition coefficient (Wildman–Crippen LogP) is 2.77. The summed E-state index contributed by atoms with van der Waals surface area (Å²) in [5.41, 5.74) is 2.84. The first-order valence-corrected chi connectivity index (χ1v) is 8.69. The van der Waals surface area contributed by atoms with Crippen LogP contribution >= 0.6 is 0 Å². The third-order valence-electron chi connectivity index (χ3n) is 4.54. The molecule has 0 aliphatic carbocycles. The molecule has 0 saturated heterocycles. The van der Waals surface area contributed by atoms with E-state index in [1.165, 1.54) is 12.8 Å². The number of pyridine rings is 1. The molecule has 0 saturated carbocycles. The van der Waals surface area contributed by atoms with E-state index in [-0.39, 0.29) is 6.03 Å². The zero-order chi connectivity index (χ0) is 17.1. The van der Waals surface area contributed by atoms with E-state index in [9.17, 15) is 4.79 Å². The van der Waals surface area contributed by atoms with E-state index in [1.54, 1.807) is 6.20 Å². The normalized spacial score (nSPS) is 13.4. The van der Waals surface area contributed by atoms with Gasteiger partial charge in [-0.2, -0.15) is 0 Å². The Labute approximate surface area is 146 Å². The van der Waals surface area contributed by atoms with E-state index in [4.69, 9.17) is 0 Å². The molecule has 0 spiro atoms. The van der Waals surface area contributed by atoms with E-state index in [1.807, 2.05) is 36.5 Å².